The molecule has 1 heterocycles. The zero-order valence-corrected chi connectivity index (χ0v) is 12.5. The Morgan fingerprint density at radius 3 is 2.72 bits per heavy atom. The van der Waals surface area contributed by atoms with Gasteiger partial charge in [-0.25, -0.2) is 0 Å². The highest BCUT2D eigenvalue weighted by Crippen LogP contribution is 2.31. The number of hydrogen-bond donors (Lipinski definition) is 2. The first-order valence-corrected chi connectivity index (χ1v) is 7.06. The number of carbonyl (C=O) groups excluding carboxylic acids is 1. The van der Waals surface area contributed by atoms with Crippen molar-refractivity contribution in [1.82, 2.24) is 10.2 Å². The highest BCUT2D eigenvalue weighted by atomic mass is 35.5. The van der Waals surface area contributed by atoms with Crippen molar-refractivity contribution in [3.63, 3.8) is 0 Å². The lowest BCUT2D eigenvalue weighted by Gasteiger charge is -2.30. The molecule has 1 aromatic heterocycles. The molecule has 102 valence electrons. The maximum atomic E-state index is 11.3. The molecule has 0 saturated heterocycles. The lowest BCUT2D eigenvalue weighted by Crippen LogP contribution is -2.38. The van der Waals surface area contributed by atoms with Crippen LogP contribution in [0.4, 0.5) is 0 Å². The molecule has 3 N–H and O–H groups in total. The van der Waals surface area contributed by atoms with E-state index in [1.54, 1.807) is 7.05 Å². The maximum Gasteiger partial charge on any atom is 0.221 e. The number of halogens is 1. The Bertz CT molecular complexity index is 394. The fourth-order valence-corrected chi connectivity index (χ4v) is 3.25. The van der Waals surface area contributed by atoms with E-state index < -0.39 is 0 Å². The summed E-state index contributed by atoms with van der Waals surface area (Å²) in [5.74, 6) is 0.0366. The lowest BCUT2D eigenvalue weighted by molar-refractivity contribution is -0.121. The number of thiophene rings is 1. The number of amides is 1. The molecule has 6 heteroatoms. The minimum Gasteiger partial charge on any atom is -0.359 e. The van der Waals surface area contributed by atoms with Crippen LogP contribution >= 0.6 is 22.9 Å². The van der Waals surface area contributed by atoms with Crippen molar-refractivity contribution >= 4 is 28.8 Å². The Morgan fingerprint density at radius 1 is 1.61 bits per heavy atom. The van der Waals surface area contributed by atoms with Crippen molar-refractivity contribution in [2.45, 2.75) is 25.4 Å². The van der Waals surface area contributed by atoms with Crippen molar-refractivity contribution in [2.75, 3.05) is 20.6 Å². The average molecular weight is 290 g/mol. The van der Waals surface area contributed by atoms with Crippen molar-refractivity contribution < 1.29 is 4.79 Å². The molecule has 0 spiro atoms. The van der Waals surface area contributed by atoms with Gasteiger partial charge in [0.25, 0.3) is 0 Å². The van der Waals surface area contributed by atoms with E-state index >= 15 is 0 Å². The van der Waals surface area contributed by atoms with Crippen molar-refractivity contribution in [3.05, 3.63) is 21.3 Å². The third kappa shape index (κ3) is 4.24. The Labute approximate surface area is 117 Å². The monoisotopic (exact) mass is 289 g/mol. The fourth-order valence-electron chi connectivity index (χ4n) is 1.91. The summed E-state index contributed by atoms with van der Waals surface area (Å²) < 4.78 is 0.760. The van der Waals surface area contributed by atoms with Crippen LogP contribution < -0.4 is 11.1 Å². The Hall–Kier alpha value is -0.620. The molecule has 2 unspecified atom stereocenters. The molecule has 0 aliphatic rings. The van der Waals surface area contributed by atoms with Gasteiger partial charge in [-0.3, -0.25) is 9.69 Å². The van der Waals surface area contributed by atoms with Crippen LogP contribution in [0.1, 0.15) is 24.3 Å². The first kappa shape index (κ1) is 15.4. The quantitative estimate of drug-likeness (QED) is 0.840. The lowest BCUT2D eigenvalue weighted by atomic mass is 10.1. The van der Waals surface area contributed by atoms with Gasteiger partial charge in [-0.05, 0) is 26.1 Å². The summed E-state index contributed by atoms with van der Waals surface area (Å²) in [5, 5.41) is 2.62. The number of hydrogen-bond acceptors (Lipinski definition) is 4. The molecular weight excluding hydrogens is 270 g/mol. The minimum atomic E-state index is -0.0191. The van der Waals surface area contributed by atoms with Crippen LogP contribution in [0, 0.1) is 0 Å². The summed E-state index contributed by atoms with van der Waals surface area (Å²) >= 11 is 7.49. The van der Waals surface area contributed by atoms with Gasteiger partial charge in [0, 0.05) is 30.9 Å². The Kier molecular flexibility index (Phi) is 6.08. The van der Waals surface area contributed by atoms with Crippen LogP contribution in [0.2, 0.25) is 4.34 Å². The molecule has 1 rings (SSSR count). The first-order chi connectivity index (χ1) is 8.45. The summed E-state index contributed by atoms with van der Waals surface area (Å²) in [6.45, 7) is 2.64. The second-order valence-corrected chi connectivity index (χ2v) is 6.10. The van der Waals surface area contributed by atoms with Gasteiger partial charge in [0.05, 0.1) is 10.4 Å². The molecule has 0 radical (unpaired) electrons. The average Bonchev–Trinajstić information content (AvgIpc) is 2.72. The smallest absolute Gasteiger partial charge is 0.221 e. The summed E-state index contributed by atoms with van der Waals surface area (Å²) in [6, 6.07) is 3.95. The minimum absolute atomic E-state index is 0.0191. The van der Waals surface area contributed by atoms with E-state index in [0.29, 0.717) is 13.0 Å². The van der Waals surface area contributed by atoms with Gasteiger partial charge in [0.15, 0.2) is 0 Å². The molecule has 4 nitrogen and oxygen atoms in total. The molecule has 2 atom stereocenters. The largest absolute Gasteiger partial charge is 0.359 e. The molecule has 0 saturated carbocycles. The number of nitrogens with zero attached hydrogens (tertiary/aromatic N) is 1. The number of carbonyl (C=O) groups is 1. The van der Waals surface area contributed by atoms with Crippen LogP contribution in [0.25, 0.3) is 0 Å². The second kappa shape index (κ2) is 7.09. The van der Waals surface area contributed by atoms with Crippen LogP contribution in [0.15, 0.2) is 12.1 Å². The third-order valence-electron chi connectivity index (χ3n) is 2.83. The molecule has 0 bridgehead atoms. The van der Waals surface area contributed by atoms with Crippen molar-refractivity contribution in [3.8, 4) is 0 Å². The summed E-state index contributed by atoms with van der Waals surface area (Å²) in [5.41, 5.74) is 6.04. The van der Waals surface area contributed by atoms with E-state index in [1.165, 1.54) is 11.3 Å². The normalized spacial score (nSPS) is 14.6. The summed E-state index contributed by atoms with van der Waals surface area (Å²) in [6.07, 6.45) is 0.468. The van der Waals surface area contributed by atoms with Gasteiger partial charge in [-0.15, -0.1) is 11.3 Å². The van der Waals surface area contributed by atoms with E-state index in [2.05, 4.69) is 10.2 Å². The van der Waals surface area contributed by atoms with Gasteiger partial charge in [-0.1, -0.05) is 11.6 Å². The second-order valence-electron chi connectivity index (χ2n) is 4.35. The van der Waals surface area contributed by atoms with Gasteiger partial charge in [0.1, 0.15) is 0 Å². The Morgan fingerprint density at radius 2 is 2.28 bits per heavy atom. The maximum absolute atomic E-state index is 11.3. The molecular formula is C12H20ClN3OS. The van der Waals surface area contributed by atoms with E-state index in [9.17, 15) is 4.79 Å². The molecule has 0 fully saturated rings. The highest BCUT2D eigenvalue weighted by Gasteiger charge is 2.23. The zero-order valence-electron chi connectivity index (χ0n) is 10.9. The predicted molar refractivity (Wildman–Crippen MR) is 77.0 cm³/mol. The van der Waals surface area contributed by atoms with Gasteiger partial charge in [0.2, 0.25) is 5.91 Å². The van der Waals surface area contributed by atoms with E-state index in [1.807, 2.05) is 26.1 Å². The zero-order chi connectivity index (χ0) is 13.7. The summed E-state index contributed by atoms with van der Waals surface area (Å²) in [7, 11) is 3.62. The topological polar surface area (TPSA) is 58.4 Å². The predicted octanol–water partition coefficient (Wildman–Crippen LogP) is 1.86. The van der Waals surface area contributed by atoms with Gasteiger partial charge in [-0.2, -0.15) is 0 Å². The van der Waals surface area contributed by atoms with Crippen molar-refractivity contribution in [2.24, 2.45) is 5.73 Å². The van der Waals surface area contributed by atoms with Crippen LogP contribution in [-0.4, -0.2) is 37.5 Å². The summed E-state index contributed by atoms with van der Waals surface area (Å²) in [4.78, 5) is 14.5. The SMILES string of the molecule is CNC(=O)CCN(C)C(c1ccc(Cl)s1)C(C)N. The number of rotatable bonds is 6. The highest BCUT2D eigenvalue weighted by molar-refractivity contribution is 7.16. The molecule has 18 heavy (non-hydrogen) atoms. The Balaban J connectivity index is 2.70. The molecule has 0 aromatic carbocycles. The molecule has 1 aromatic rings. The first-order valence-electron chi connectivity index (χ1n) is 5.87. The van der Waals surface area contributed by atoms with Crippen molar-refractivity contribution in [1.29, 1.82) is 0 Å². The van der Waals surface area contributed by atoms with Crippen LogP contribution in [0.3, 0.4) is 0 Å². The van der Waals surface area contributed by atoms with E-state index in [4.69, 9.17) is 17.3 Å². The standard InChI is InChI=1S/C12H20ClN3OS/c1-8(14)12(9-4-5-10(13)18-9)16(3)7-6-11(17)15-2/h4-5,8,12H,6-7,14H2,1-3H3,(H,15,17). The third-order valence-corrected chi connectivity index (χ3v) is 4.13. The number of nitrogens with two attached hydrogens (primary N) is 1. The fraction of sp³-hybridized carbons (Fsp3) is 0.583. The molecule has 0 aliphatic heterocycles. The van der Waals surface area contributed by atoms with Gasteiger partial charge < -0.3 is 11.1 Å². The van der Waals surface area contributed by atoms with E-state index in [-0.39, 0.29) is 18.0 Å². The van der Waals surface area contributed by atoms with Gasteiger partial charge >= 0.3 is 0 Å². The molecule has 1 amide bonds. The van der Waals surface area contributed by atoms with Crippen LogP contribution in [-0.2, 0) is 4.79 Å². The number of nitrogens with one attached hydrogen (secondary N) is 1. The van der Waals surface area contributed by atoms with E-state index in [0.717, 1.165) is 9.21 Å². The van der Waals surface area contributed by atoms with Crippen LogP contribution in [0.5, 0.6) is 0 Å². The number of likely N-dealkylation sites (N-methyl/N-ethyl adjacent to an activating group) is 1. The molecule has 0 aliphatic carbocycles.